The molecule has 0 bridgehead atoms. The number of likely N-dealkylation sites (tertiary alicyclic amines) is 2. The Morgan fingerprint density at radius 2 is 1.92 bits per heavy atom. The third-order valence-electron chi connectivity index (χ3n) is 6.16. The molecular weight excluding hydrogens is 320 g/mol. The zero-order valence-electron chi connectivity index (χ0n) is 15.5. The summed E-state index contributed by atoms with van der Waals surface area (Å²) in [6.07, 6.45) is 3.35. The zero-order chi connectivity index (χ0) is 18.4. The van der Waals surface area contributed by atoms with Crippen LogP contribution in [0.1, 0.15) is 50.5 Å². The van der Waals surface area contributed by atoms with Crippen LogP contribution in [0.15, 0.2) is 12.3 Å². The number of hydrogen-bond donors (Lipinski definition) is 1. The lowest BCUT2D eigenvalue weighted by Gasteiger charge is -2.55. The van der Waals surface area contributed by atoms with E-state index in [1.54, 1.807) is 35.8 Å². The van der Waals surface area contributed by atoms with Gasteiger partial charge in [-0.2, -0.15) is 5.10 Å². The molecule has 1 atom stereocenters. The van der Waals surface area contributed by atoms with Gasteiger partial charge >= 0.3 is 0 Å². The number of aromatic nitrogens is 2. The quantitative estimate of drug-likeness (QED) is 0.822. The molecule has 1 N–H and O–H groups in total. The van der Waals surface area contributed by atoms with E-state index in [2.05, 4.69) is 5.10 Å². The summed E-state index contributed by atoms with van der Waals surface area (Å²) in [5, 5.41) is 14.7. The van der Waals surface area contributed by atoms with Gasteiger partial charge in [0.1, 0.15) is 5.69 Å². The van der Waals surface area contributed by atoms with Crippen molar-refractivity contribution in [1.29, 1.82) is 0 Å². The van der Waals surface area contributed by atoms with Crippen molar-refractivity contribution in [1.82, 2.24) is 19.6 Å². The predicted octanol–water partition coefficient (Wildman–Crippen LogP) is 1.03. The number of aryl methyl sites for hydroxylation is 1. The topological polar surface area (TPSA) is 78.7 Å². The van der Waals surface area contributed by atoms with Crippen molar-refractivity contribution in [2.24, 2.45) is 12.5 Å². The summed E-state index contributed by atoms with van der Waals surface area (Å²) in [5.41, 5.74) is -0.0612. The Morgan fingerprint density at radius 3 is 2.44 bits per heavy atom. The monoisotopic (exact) mass is 348 g/mol. The third kappa shape index (κ3) is 3.05. The molecule has 138 valence electrons. The number of amides is 2. The summed E-state index contributed by atoms with van der Waals surface area (Å²) in [6.45, 7) is 7.35. The van der Waals surface area contributed by atoms with Crippen LogP contribution in [0.2, 0.25) is 0 Å². The number of hydrogen-bond acceptors (Lipinski definition) is 4. The fourth-order valence-electron chi connectivity index (χ4n) is 4.25. The van der Waals surface area contributed by atoms with Gasteiger partial charge in [-0.1, -0.05) is 0 Å². The van der Waals surface area contributed by atoms with Crippen LogP contribution in [0.5, 0.6) is 0 Å². The Labute approximate surface area is 148 Å². The Kier molecular flexibility index (Phi) is 4.39. The average molecular weight is 348 g/mol. The van der Waals surface area contributed by atoms with E-state index in [1.807, 2.05) is 18.7 Å². The predicted molar refractivity (Wildman–Crippen MR) is 92.9 cm³/mol. The van der Waals surface area contributed by atoms with Crippen LogP contribution in [0.25, 0.3) is 0 Å². The molecule has 2 aliphatic rings. The van der Waals surface area contributed by atoms with E-state index in [0.717, 1.165) is 12.8 Å². The minimum Gasteiger partial charge on any atom is -0.391 e. The van der Waals surface area contributed by atoms with E-state index in [0.29, 0.717) is 31.7 Å². The molecule has 2 saturated heterocycles. The normalized spacial score (nSPS) is 25.2. The lowest BCUT2D eigenvalue weighted by atomic mass is 9.67. The molecule has 2 fully saturated rings. The molecule has 3 rings (SSSR count). The van der Waals surface area contributed by atoms with Crippen LogP contribution in [0, 0.1) is 5.41 Å². The number of aliphatic hydroxyl groups is 1. The maximum atomic E-state index is 12.6. The fraction of sp³-hybridized carbons (Fsp3) is 0.722. The van der Waals surface area contributed by atoms with Crippen LogP contribution in [-0.2, 0) is 11.8 Å². The van der Waals surface area contributed by atoms with Crippen LogP contribution < -0.4 is 0 Å². The van der Waals surface area contributed by atoms with Crippen LogP contribution in [-0.4, -0.2) is 67.8 Å². The summed E-state index contributed by atoms with van der Waals surface area (Å²) in [4.78, 5) is 28.4. The first-order valence-electron chi connectivity index (χ1n) is 8.90. The molecular formula is C18H28N4O3. The summed E-state index contributed by atoms with van der Waals surface area (Å²) in [5.74, 6) is -0.00789. The van der Waals surface area contributed by atoms with Gasteiger partial charge in [0, 0.05) is 39.8 Å². The Morgan fingerprint density at radius 1 is 1.28 bits per heavy atom. The highest BCUT2D eigenvalue weighted by molar-refractivity contribution is 5.92. The largest absolute Gasteiger partial charge is 0.391 e. The van der Waals surface area contributed by atoms with E-state index in [9.17, 15) is 14.7 Å². The van der Waals surface area contributed by atoms with E-state index >= 15 is 0 Å². The van der Waals surface area contributed by atoms with Gasteiger partial charge in [-0.3, -0.25) is 14.3 Å². The molecule has 0 radical (unpaired) electrons. The SMILES string of the molecule is CC(=O)N1CC2(CCN(C(=O)c3ccnn3C)CC2)CC(O)C1(C)C. The van der Waals surface area contributed by atoms with Crippen molar-refractivity contribution in [2.45, 2.75) is 51.7 Å². The summed E-state index contributed by atoms with van der Waals surface area (Å²) in [7, 11) is 1.77. The average Bonchev–Trinajstić information content (AvgIpc) is 2.97. The van der Waals surface area contributed by atoms with Gasteiger partial charge in [-0.25, -0.2) is 0 Å². The van der Waals surface area contributed by atoms with Gasteiger partial charge in [0.2, 0.25) is 5.91 Å². The minimum atomic E-state index is -0.551. The summed E-state index contributed by atoms with van der Waals surface area (Å²) < 4.78 is 1.59. The molecule has 1 aromatic rings. The summed E-state index contributed by atoms with van der Waals surface area (Å²) >= 11 is 0. The highest BCUT2D eigenvalue weighted by Gasteiger charge is 2.50. The number of aliphatic hydroxyl groups excluding tert-OH is 1. The van der Waals surface area contributed by atoms with E-state index in [4.69, 9.17) is 0 Å². The molecule has 25 heavy (non-hydrogen) atoms. The van der Waals surface area contributed by atoms with Crippen molar-refractivity contribution < 1.29 is 14.7 Å². The first kappa shape index (κ1) is 17.9. The molecule has 2 aliphatic heterocycles. The first-order chi connectivity index (χ1) is 11.7. The van der Waals surface area contributed by atoms with Gasteiger partial charge in [0.15, 0.2) is 0 Å². The zero-order valence-corrected chi connectivity index (χ0v) is 15.5. The minimum absolute atomic E-state index is 0.00323. The lowest BCUT2D eigenvalue weighted by molar-refractivity contribution is -0.156. The van der Waals surface area contributed by atoms with Gasteiger partial charge in [0.05, 0.1) is 11.6 Å². The maximum Gasteiger partial charge on any atom is 0.272 e. The van der Waals surface area contributed by atoms with Crippen molar-refractivity contribution in [3.63, 3.8) is 0 Å². The Balaban J connectivity index is 1.72. The van der Waals surface area contributed by atoms with Gasteiger partial charge in [-0.15, -0.1) is 0 Å². The molecule has 7 nitrogen and oxygen atoms in total. The van der Waals surface area contributed by atoms with Gasteiger partial charge in [-0.05, 0) is 44.6 Å². The molecule has 0 saturated carbocycles. The second-order valence-corrected chi connectivity index (χ2v) is 8.11. The number of nitrogens with zero attached hydrogens (tertiary/aromatic N) is 4. The lowest BCUT2D eigenvalue weighted by Crippen LogP contribution is -2.64. The molecule has 0 aromatic carbocycles. The van der Waals surface area contributed by atoms with E-state index < -0.39 is 11.6 Å². The molecule has 3 heterocycles. The second kappa shape index (κ2) is 6.12. The Bertz CT molecular complexity index is 674. The number of carbonyl (C=O) groups is 2. The molecule has 2 amide bonds. The molecule has 1 unspecified atom stereocenters. The van der Waals surface area contributed by atoms with Crippen LogP contribution in [0.3, 0.4) is 0 Å². The smallest absolute Gasteiger partial charge is 0.272 e. The van der Waals surface area contributed by atoms with Crippen molar-refractivity contribution in [2.75, 3.05) is 19.6 Å². The number of rotatable bonds is 1. The molecule has 1 aromatic heterocycles. The van der Waals surface area contributed by atoms with Crippen LogP contribution in [0.4, 0.5) is 0 Å². The van der Waals surface area contributed by atoms with Crippen molar-refractivity contribution in [3.8, 4) is 0 Å². The third-order valence-corrected chi connectivity index (χ3v) is 6.16. The van der Waals surface area contributed by atoms with Crippen molar-refractivity contribution >= 4 is 11.8 Å². The highest BCUT2D eigenvalue weighted by Crippen LogP contribution is 2.45. The standard InChI is InChI=1S/C18H28N4O3/c1-13(23)22-12-18(11-15(24)17(22,2)3)6-9-21(10-7-18)16(25)14-5-8-19-20(14)4/h5,8,15,24H,6-7,9-12H2,1-4H3. The maximum absolute atomic E-state index is 12.6. The fourth-order valence-corrected chi connectivity index (χ4v) is 4.25. The van der Waals surface area contributed by atoms with Crippen molar-refractivity contribution in [3.05, 3.63) is 18.0 Å². The first-order valence-corrected chi connectivity index (χ1v) is 8.90. The Hall–Kier alpha value is -1.89. The van der Waals surface area contributed by atoms with Gasteiger partial charge in [0.25, 0.3) is 5.91 Å². The number of carbonyl (C=O) groups excluding carboxylic acids is 2. The van der Waals surface area contributed by atoms with Crippen LogP contribution >= 0.6 is 0 Å². The number of piperidine rings is 2. The second-order valence-electron chi connectivity index (χ2n) is 8.11. The molecule has 7 heteroatoms. The molecule has 0 aliphatic carbocycles. The van der Waals surface area contributed by atoms with E-state index in [-0.39, 0.29) is 17.2 Å². The van der Waals surface area contributed by atoms with Gasteiger partial charge < -0.3 is 14.9 Å². The highest BCUT2D eigenvalue weighted by atomic mass is 16.3. The van der Waals surface area contributed by atoms with E-state index in [1.165, 1.54) is 0 Å². The summed E-state index contributed by atoms with van der Waals surface area (Å²) in [6, 6.07) is 1.73. The molecule has 1 spiro atoms.